The molecule has 0 fully saturated rings. The topological polar surface area (TPSA) is 88.6 Å². The summed E-state index contributed by atoms with van der Waals surface area (Å²) >= 11 is 0. The van der Waals surface area contributed by atoms with Crippen molar-refractivity contribution in [3.8, 4) is 17.3 Å². The van der Waals surface area contributed by atoms with E-state index in [1.54, 1.807) is 12.4 Å². The number of ether oxygens (including phenoxy) is 1. The average Bonchev–Trinajstić information content (AvgIpc) is 2.98. The summed E-state index contributed by atoms with van der Waals surface area (Å²) in [5.41, 5.74) is 1.70. The molecule has 0 bridgehead atoms. The first-order valence-corrected chi connectivity index (χ1v) is 7.36. The van der Waals surface area contributed by atoms with Gasteiger partial charge in [-0.15, -0.1) is 0 Å². The number of aryl methyl sites for hydroxylation is 1. The summed E-state index contributed by atoms with van der Waals surface area (Å²) in [6.07, 6.45) is 3.51. The third kappa shape index (κ3) is 3.63. The van der Waals surface area contributed by atoms with Gasteiger partial charge in [-0.05, 0) is 44.5 Å². The number of anilines is 2. The Balaban J connectivity index is 1.75. The number of hydrogen-bond donors (Lipinski definition) is 2. The standard InChI is InChI=1S/C16H18N6O/c1-10(2)23-12-6-7-13(18-9-12)15-20-16(22-21-15)19-14-11(3)5-4-8-17-14/h4-10H,1-3H3,(H2,17,19,20,21,22). The zero-order valence-electron chi connectivity index (χ0n) is 13.2. The van der Waals surface area contributed by atoms with Gasteiger partial charge in [0.25, 0.3) is 0 Å². The number of pyridine rings is 2. The van der Waals surface area contributed by atoms with Crippen LogP contribution in [-0.4, -0.2) is 31.3 Å². The Bertz CT molecular complexity index is 781. The summed E-state index contributed by atoms with van der Waals surface area (Å²) in [5.74, 6) is 2.49. The Hall–Kier alpha value is -2.96. The van der Waals surface area contributed by atoms with Crippen LogP contribution in [0.25, 0.3) is 11.5 Å². The summed E-state index contributed by atoms with van der Waals surface area (Å²) in [7, 11) is 0. The van der Waals surface area contributed by atoms with Crippen molar-refractivity contribution in [1.82, 2.24) is 25.1 Å². The lowest BCUT2D eigenvalue weighted by Crippen LogP contribution is -2.05. The zero-order chi connectivity index (χ0) is 16.2. The maximum absolute atomic E-state index is 5.57. The van der Waals surface area contributed by atoms with Crippen LogP contribution >= 0.6 is 0 Å². The molecule has 118 valence electrons. The quantitative estimate of drug-likeness (QED) is 0.753. The second kappa shape index (κ2) is 6.43. The lowest BCUT2D eigenvalue weighted by molar-refractivity contribution is 0.241. The normalized spacial score (nSPS) is 10.8. The smallest absolute Gasteiger partial charge is 0.224 e. The maximum Gasteiger partial charge on any atom is 0.224 e. The summed E-state index contributed by atoms with van der Waals surface area (Å²) in [6, 6.07) is 7.55. The van der Waals surface area contributed by atoms with E-state index in [4.69, 9.17) is 4.74 Å². The van der Waals surface area contributed by atoms with Crippen LogP contribution in [0, 0.1) is 6.92 Å². The molecular weight excluding hydrogens is 292 g/mol. The molecular formula is C16H18N6O. The molecule has 3 heterocycles. The van der Waals surface area contributed by atoms with Gasteiger partial charge < -0.3 is 10.1 Å². The first kappa shape index (κ1) is 15.0. The fourth-order valence-electron chi connectivity index (χ4n) is 2.02. The monoisotopic (exact) mass is 310 g/mol. The molecule has 0 aliphatic rings. The van der Waals surface area contributed by atoms with Crippen molar-refractivity contribution < 1.29 is 4.74 Å². The van der Waals surface area contributed by atoms with E-state index in [2.05, 4.69) is 30.5 Å². The third-order valence-corrected chi connectivity index (χ3v) is 3.07. The van der Waals surface area contributed by atoms with Crippen molar-refractivity contribution in [2.24, 2.45) is 0 Å². The van der Waals surface area contributed by atoms with Crippen LogP contribution in [-0.2, 0) is 0 Å². The lowest BCUT2D eigenvalue weighted by Gasteiger charge is -2.08. The van der Waals surface area contributed by atoms with E-state index in [-0.39, 0.29) is 6.10 Å². The van der Waals surface area contributed by atoms with Gasteiger partial charge in [-0.25, -0.2) is 15.1 Å². The van der Waals surface area contributed by atoms with E-state index in [1.165, 1.54) is 0 Å². The molecule has 0 aliphatic heterocycles. The molecule has 7 heteroatoms. The molecule has 0 aliphatic carbocycles. The Labute approximate surface area is 134 Å². The molecule has 7 nitrogen and oxygen atoms in total. The van der Waals surface area contributed by atoms with E-state index in [1.807, 2.05) is 45.0 Å². The maximum atomic E-state index is 5.57. The van der Waals surface area contributed by atoms with Crippen molar-refractivity contribution >= 4 is 11.8 Å². The van der Waals surface area contributed by atoms with Gasteiger partial charge in [-0.3, -0.25) is 0 Å². The fourth-order valence-corrected chi connectivity index (χ4v) is 2.02. The van der Waals surface area contributed by atoms with Crippen LogP contribution in [0.15, 0.2) is 36.7 Å². The van der Waals surface area contributed by atoms with Crippen LogP contribution in [0.2, 0.25) is 0 Å². The molecule has 0 saturated carbocycles. The number of hydrogen-bond acceptors (Lipinski definition) is 6. The zero-order valence-corrected chi connectivity index (χ0v) is 13.2. The minimum absolute atomic E-state index is 0.114. The van der Waals surface area contributed by atoms with Gasteiger partial charge in [0, 0.05) is 6.20 Å². The minimum Gasteiger partial charge on any atom is -0.489 e. The van der Waals surface area contributed by atoms with E-state index >= 15 is 0 Å². The highest BCUT2D eigenvalue weighted by Crippen LogP contribution is 2.19. The molecule has 0 spiro atoms. The van der Waals surface area contributed by atoms with Crippen molar-refractivity contribution in [1.29, 1.82) is 0 Å². The number of rotatable bonds is 5. The van der Waals surface area contributed by atoms with E-state index in [9.17, 15) is 0 Å². The highest BCUT2D eigenvalue weighted by atomic mass is 16.5. The molecule has 0 aromatic carbocycles. The second-order valence-corrected chi connectivity index (χ2v) is 5.35. The predicted octanol–water partition coefficient (Wildman–Crippen LogP) is 3.10. The van der Waals surface area contributed by atoms with Crippen molar-refractivity contribution in [2.45, 2.75) is 26.9 Å². The molecule has 0 radical (unpaired) electrons. The minimum atomic E-state index is 0.114. The van der Waals surface area contributed by atoms with E-state index in [0.717, 1.165) is 17.1 Å². The highest BCUT2D eigenvalue weighted by molar-refractivity contribution is 5.56. The molecule has 2 N–H and O–H groups in total. The van der Waals surface area contributed by atoms with Gasteiger partial charge in [0.1, 0.15) is 17.3 Å². The summed E-state index contributed by atoms with van der Waals surface area (Å²) in [6.45, 7) is 5.92. The molecule has 0 unspecified atom stereocenters. The highest BCUT2D eigenvalue weighted by Gasteiger charge is 2.09. The molecule has 0 saturated heterocycles. The molecule has 0 atom stereocenters. The molecule has 3 aromatic heterocycles. The van der Waals surface area contributed by atoms with Crippen LogP contribution < -0.4 is 10.1 Å². The van der Waals surface area contributed by atoms with Crippen LogP contribution in [0.5, 0.6) is 5.75 Å². The summed E-state index contributed by atoms with van der Waals surface area (Å²) in [5, 5.41) is 10.1. The Morgan fingerprint density at radius 2 is 2.04 bits per heavy atom. The van der Waals surface area contributed by atoms with E-state index in [0.29, 0.717) is 17.5 Å². The van der Waals surface area contributed by atoms with Crippen LogP contribution in [0.4, 0.5) is 11.8 Å². The fraction of sp³-hybridized carbons (Fsp3) is 0.250. The van der Waals surface area contributed by atoms with Crippen molar-refractivity contribution in [2.75, 3.05) is 5.32 Å². The first-order valence-electron chi connectivity index (χ1n) is 7.36. The molecule has 0 amide bonds. The number of aromatic amines is 1. The lowest BCUT2D eigenvalue weighted by atomic mass is 10.3. The first-order chi connectivity index (χ1) is 11.1. The number of aromatic nitrogens is 5. The number of nitrogens with zero attached hydrogens (tertiary/aromatic N) is 4. The average molecular weight is 310 g/mol. The van der Waals surface area contributed by atoms with Crippen molar-refractivity contribution in [3.05, 3.63) is 42.2 Å². The van der Waals surface area contributed by atoms with Gasteiger partial charge in [0.05, 0.1) is 12.3 Å². The summed E-state index contributed by atoms with van der Waals surface area (Å²) < 4.78 is 5.57. The largest absolute Gasteiger partial charge is 0.489 e. The van der Waals surface area contributed by atoms with Crippen LogP contribution in [0.3, 0.4) is 0 Å². The van der Waals surface area contributed by atoms with Gasteiger partial charge in [0.2, 0.25) is 11.8 Å². The van der Waals surface area contributed by atoms with Gasteiger partial charge >= 0.3 is 0 Å². The number of nitrogens with one attached hydrogen (secondary N) is 2. The predicted molar refractivity (Wildman–Crippen MR) is 87.6 cm³/mol. The van der Waals surface area contributed by atoms with Gasteiger partial charge in [0.15, 0.2) is 0 Å². The Morgan fingerprint density at radius 3 is 2.74 bits per heavy atom. The van der Waals surface area contributed by atoms with Gasteiger partial charge in [-0.2, -0.15) is 10.1 Å². The van der Waals surface area contributed by atoms with E-state index < -0.39 is 0 Å². The molecule has 3 rings (SSSR count). The van der Waals surface area contributed by atoms with Crippen LogP contribution in [0.1, 0.15) is 19.4 Å². The third-order valence-electron chi connectivity index (χ3n) is 3.07. The molecule has 3 aromatic rings. The van der Waals surface area contributed by atoms with Crippen molar-refractivity contribution in [3.63, 3.8) is 0 Å². The Kier molecular flexibility index (Phi) is 4.18. The summed E-state index contributed by atoms with van der Waals surface area (Å²) in [4.78, 5) is 13.0. The Morgan fingerprint density at radius 1 is 1.17 bits per heavy atom. The molecule has 23 heavy (non-hydrogen) atoms. The van der Waals surface area contributed by atoms with Gasteiger partial charge in [-0.1, -0.05) is 6.07 Å². The second-order valence-electron chi connectivity index (χ2n) is 5.35. The SMILES string of the molecule is Cc1cccnc1Nc1nc(-c2ccc(OC(C)C)cn2)n[nH]1. The number of H-pyrrole nitrogens is 1.